The molecule has 0 radical (unpaired) electrons. The number of aliphatic hydroxyl groups excluding tert-OH is 1. The lowest BCUT2D eigenvalue weighted by Crippen LogP contribution is -2.22. The number of hydrogen-bond donors (Lipinski definition) is 6. The molecule has 2 saturated carbocycles. The first kappa shape index (κ1) is 37.8. The van der Waals surface area contributed by atoms with Crippen LogP contribution < -0.4 is 32.3 Å². The second-order valence-electron chi connectivity index (χ2n) is 14.5. The van der Waals surface area contributed by atoms with Crippen molar-refractivity contribution in [2.24, 2.45) is 0 Å². The number of nitrogens with zero attached hydrogens (tertiary/aromatic N) is 7. The molecule has 8 rings (SSSR count). The van der Waals surface area contributed by atoms with Gasteiger partial charge in [-0.05, 0) is 75.8 Å². The molecule has 16 heteroatoms. The summed E-state index contributed by atoms with van der Waals surface area (Å²) in [6.07, 6.45) is 20.5. The van der Waals surface area contributed by atoms with Gasteiger partial charge in [-0.15, -0.1) is 11.8 Å². The minimum atomic E-state index is -0.595. The quantitative estimate of drug-likeness (QED) is 0.0724. The number of hydrogen-bond acceptors (Lipinski definition) is 14. The van der Waals surface area contributed by atoms with E-state index in [0.29, 0.717) is 40.0 Å². The van der Waals surface area contributed by atoms with E-state index >= 15 is 0 Å². The predicted molar refractivity (Wildman–Crippen MR) is 222 cm³/mol. The zero-order valence-electron chi connectivity index (χ0n) is 31.4. The van der Waals surface area contributed by atoms with Crippen LogP contribution in [0.5, 0.6) is 0 Å². The van der Waals surface area contributed by atoms with E-state index < -0.39 is 6.10 Å². The van der Waals surface area contributed by atoms with Crippen molar-refractivity contribution in [3.05, 3.63) is 130 Å². The molecule has 6 aromatic rings. The molecule has 0 spiro atoms. The summed E-state index contributed by atoms with van der Waals surface area (Å²) in [6.45, 7) is 1.69. The highest BCUT2D eigenvalue weighted by molar-refractivity contribution is 7.98. The van der Waals surface area contributed by atoms with Crippen LogP contribution in [0, 0.1) is 0 Å². The van der Waals surface area contributed by atoms with Gasteiger partial charge in [0.1, 0.15) is 11.6 Å². The maximum absolute atomic E-state index is 13.5. The van der Waals surface area contributed by atoms with Crippen LogP contribution in [0.15, 0.2) is 113 Å². The van der Waals surface area contributed by atoms with Gasteiger partial charge in [-0.1, -0.05) is 6.07 Å². The maximum atomic E-state index is 13.5. The number of aromatic nitrogens is 8. The van der Waals surface area contributed by atoms with Crippen LogP contribution in [0.4, 0.5) is 23.5 Å². The molecule has 2 fully saturated rings. The summed E-state index contributed by atoms with van der Waals surface area (Å²) >= 11 is 1.52. The Hall–Kier alpha value is -6.13. The number of thioether (sulfide) groups is 1. The Morgan fingerprint density at radius 3 is 1.95 bits per heavy atom. The molecule has 0 bridgehead atoms. The smallest absolute Gasteiger partial charge is 0.259 e. The molecule has 6 aromatic heterocycles. The lowest BCUT2D eigenvalue weighted by atomic mass is 10.1. The first-order valence-corrected chi connectivity index (χ1v) is 20.1. The third-order valence-corrected chi connectivity index (χ3v) is 11.4. The van der Waals surface area contributed by atoms with E-state index in [1.807, 2.05) is 36.4 Å². The molecule has 0 aromatic carbocycles. The van der Waals surface area contributed by atoms with Gasteiger partial charge in [0, 0.05) is 113 Å². The van der Waals surface area contributed by atoms with Crippen LogP contribution in [0.2, 0.25) is 0 Å². The molecule has 2 aliphatic rings. The topological polar surface area (TPSA) is 201 Å². The van der Waals surface area contributed by atoms with Crippen LogP contribution in [0.3, 0.4) is 0 Å². The highest BCUT2D eigenvalue weighted by Gasteiger charge is 2.27. The zero-order valence-corrected chi connectivity index (χ0v) is 32.2. The van der Waals surface area contributed by atoms with Gasteiger partial charge in [-0.25, -0.2) is 29.9 Å². The normalized spacial score (nSPS) is 19.5. The summed E-state index contributed by atoms with van der Waals surface area (Å²) in [5.41, 5.74) is 3.28. The summed E-state index contributed by atoms with van der Waals surface area (Å²) in [5, 5.41) is 23.6. The van der Waals surface area contributed by atoms with Crippen LogP contribution in [-0.4, -0.2) is 68.7 Å². The first-order valence-electron chi connectivity index (χ1n) is 19.1. The molecule has 1 unspecified atom stereocenters. The number of nitrogens with one attached hydrogen (secondary N) is 5. The zero-order chi connectivity index (χ0) is 39.1. The summed E-state index contributed by atoms with van der Waals surface area (Å²) in [7, 11) is 0. The third kappa shape index (κ3) is 9.47. The summed E-state index contributed by atoms with van der Waals surface area (Å²) in [6, 6.07) is 13.8. The molecule has 5 atom stereocenters. The van der Waals surface area contributed by atoms with Gasteiger partial charge in [0.2, 0.25) is 11.9 Å². The molecule has 2 aliphatic carbocycles. The standard InChI is InChI=1S/C41H44N12O3S/c1-25(54)28-18-45-40(46-19-28)51-31-7-6-30(16-31)50-38-11-9-33(20-44-38)53-14-2-3-27(39(53)56)24-57-34-21-47-41(48-22-34)52-32-8-5-29(15-32)49-37-10-4-26(17-43-37)35-23-42-13-12-36(35)55/h2-4,9-14,17-23,25,29-32,54H,5-8,15-16,24H2,1H3,(H,42,55)(H,43,49)(H,44,50)(H,45,46,51)(H,47,48,52)/t25?,29-,30-,31-,32-/m0/s1. The lowest BCUT2D eigenvalue weighted by Gasteiger charge is -2.16. The number of rotatable bonds is 14. The summed E-state index contributed by atoms with van der Waals surface area (Å²) in [5.74, 6) is 3.14. The van der Waals surface area contributed by atoms with E-state index in [-0.39, 0.29) is 35.2 Å². The van der Waals surface area contributed by atoms with Crippen molar-refractivity contribution in [1.29, 1.82) is 0 Å². The second-order valence-corrected chi connectivity index (χ2v) is 15.6. The molecule has 0 aliphatic heterocycles. The lowest BCUT2D eigenvalue weighted by molar-refractivity contribution is 0.198. The maximum Gasteiger partial charge on any atom is 0.259 e. The second kappa shape index (κ2) is 17.3. The van der Waals surface area contributed by atoms with Crippen LogP contribution in [0.25, 0.3) is 16.8 Å². The number of anilines is 4. The van der Waals surface area contributed by atoms with E-state index in [1.165, 1.54) is 17.8 Å². The van der Waals surface area contributed by atoms with Crippen molar-refractivity contribution in [1.82, 2.24) is 39.5 Å². The molecule has 292 valence electrons. The number of aliphatic hydroxyl groups is 1. The van der Waals surface area contributed by atoms with Crippen LogP contribution in [0.1, 0.15) is 62.7 Å². The molecule has 0 amide bonds. The Bertz CT molecular complexity index is 2370. The van der Waals surface area contributed by atoms with Crippen molar-refractivity contribution in [2.75, 3.05) is 21.3 Å². The molecule has 6 heterocycles. The number of aromatic amines is 1. The largest absolute Gasteiger partial charge is 0.389 e. The highest BCUT2D eigenvalue weighted by Crippen LogP contribution is 2.28. The van der Waals surface area contributed by atoms with Gasteiger partial charge in [-0.3, -0.25) is 14.2 Å². The highest BCUT2D eigenvalue weighted by atomic mass is 32.2. The van der Waals surface area contributed by atoms with Crippen molar-refractivity contribution >= 4 is 35.3 Å². The monoisotopic (exact) mass is 784 g/mol. The van der Waals surface area contributed by atoms with Gasteiger partial charge < -0.3 is 31.4 Å². The Morgan fingerprint density at radius 2 is 1.37 bits per heavy atom. The SMILES string of the molecule is CC(O)c1cnc(N[C@H]2CC[C@H](Nc3ccc(-n4cccc(CSc5cnc(N[C@H]6CC[C@H](Nc7ccc(-c8c[nH]ccc8=O)cn7)C6)nc5)c4=O)cn3)C2)nc1. The summed E-state index contributed by atoms with van der Waals surface area (Å²) in [4.78, 5) is 56.4. The van der Waals surface area contributed by atoms with E-state index in [9.17, 15) is 14.7 Å². The Morgan fingerprint density at radius 1 is 0.754 bits per heavy atom. The van der Waals surface area contributed by atoms with E-state index in [2.05, 4.69) is 56.2 Å². The number of H-pyrrole nitrogens is 1. The minimum absolute atomic E-state index is 0.0422. The fraction of sp³-hybridized carbons (Fsp3) is 0.317. The molecule has 57 heavy (non-hydrogen) atoms. The summed E-state index contributed by atoms with van der Waals surface area (Å²) < 4.78 is 1.62. The van der Waals surface area contributed by atoms with Crippen molar-refractivity contribution in [3.8, 4) is 16.8 Å². The fourth-order valence-electron chi connectivity index (χ4n) is 7.27. The fourth-order valence-corrected chi connectivity index (χ4v) is 8.07. The van der Waals surface area contributed by atoms with E-state index in [1.54, 1.807) is 67.3 Å². The molecular formula is C41H44N12O3S. The van der Waals surface area contributed by atoms with Gasteiger partial charge in [-0.2, -0.15) is 0 Å². The first-order chi connectivity index (χ1) is 27.8. The van der Waals surface area contributed by atoms with E-state index in [4.69, 9.17) is 0 Å². The van der Waals surface area contributed by atoms with E-state index in [0.717, 1.165) is 60.6 Å². The predicted octanol–water partition coefficient (Wildman–Crippen LogP) is 5.80. The Kier molecular flexibility index (Phi) is 11.5. The van der Waals surface area contributed by atoms with Crippen molar-refractivity contribution in [2.45, 2.75) is 86.4 Å². The molecular weight excluding hydrogens is 741 g/mol. The minimum Gasteiger partial charge on any atom is -0.389 e. The Labute approximate surface area is 333 Å². The van der Waals surface area contributed by atoms with Gasteiger partial charge in [0.15, 0.2) is 5.43 Å². The molecule has 15 nitrogen and oxygen atoms in total. The van der Waals surface area contributed by atoms with Crippen LogP contribution >= 0.6 is 11.8 Å². The van der Waals surface area contributed by atoms with Crippen molar-refractivity contribution < 1.29 is 5.11 Å². The van der Waals surface area contributed by atoms with Gasteiger partial charge in [0.25, 0.3) is 5.56 Å². The van der Waals surface area contributed by atoms with Gasteiger partial charge >= 0.3 is 0 Å². The molecule has 0 saturated heterocycles. The average molecular weight is 785 g/mol. The Balaban J connectivity index is 0.789. The number of pyridine rings is 4. The van der Waals surface area contributed by atoms with Gasteiger partial charge in [0.05, 0.1) is 18.0 Å². The average Bonchev–Trinajstić information content (AvgIpc) is 3.87. The molecule has 6 N–H and O–H groups in total. The van der Waals surface area contributed by atoms with Crippen molar-refractivity contribution in [3.63, 3.8) is 0 Å². The van der Waals surface area contributed by atoms with Crippen LogP contribution in [-0.2, 0) is 5.75 Å². The third-order valence-electron chi connectivity index (χ3n) is 10.4.